The quantitative estimate of drug-likeness (QED) is 0.734. The topological polar surface area (TPSA) is 9.23 Å². The maximum Gasteiger partial charge on any atom is 0.119 e. The van der Waals surface area contributed by atoms with Gasteiger partial charge in [0.15, 0.2) is 0 Å². The Bertz CT molecular complexity index is 399. The van der Waals surface area contributed by atoms with Crippen LogP contribution in [0.15, 0.2) is 22.7 Å². The van der Waals surface area contributed by atoms with Crippen LogP contribution in [-0.4, -0.2) is 7.11 Å². The van der Waals surface area contributed by atoms with Crippen molar-refractivity contribution >= 4 is 15.9 Å². The standard InChI is InChI=1S/C12H11BrO/c1-3-12(6-7-12)10-8-9(14-2)4-5-11(10)13/h1,4-5,8H,6-7H2,2H3. The number of methoxy groups -OCH3 is 1. The monoisotopic (exact) mass is 250 g/mol. The van der Waals surface area contributed by atoms with Crippen LogP contribution < -0.4 is 4.74 Å². The van der Waals surface area contributed by atoms with Crippen molar-refractivity contribution in [1.82, 2.24) is 0 Å². The predicted molar refractivity (Wildman–Crippen MR) is 60.4 cm³/mol. The van der Waals surface area contributed by atoms with Crippen LogP contribution in [0.25, 0.3) is 0 Å². The molecule has 2 rings (SSSR count). The summed E-state index contributed by atoms with van der Waals surface area (Å²) in [5, 5.41) is 0. The van der Waals surface area contributed by atoms with Gasteiger partial charge < -0.3 is 4.74 Å². The van der Waals surface area contributed by atoms with Crippen LogP contribution in [-0.2, 0) is 5.41 Å². The second kappa shape index (κ2) is 3.33. The summed E-state index contributed by atoms with van der Waals surface area (Å²) in [6, 6.07) is 5.95. The highest BCUT2D eigenvalue weighted by Crippen LogP contribution is 2.50. The van der Waals surface area contributed by atoms with E-state index in [9.17, 15) is 0 Å². The third-order valence-electron chi connectivity index (χ3n) is 2.72. The molecular weight excluding hydrogens is 240 g/mol. The van der Waals surface area contributed by atoms with E-state index in [1.807, 2.05) is 18.2 Å². The zero-order valence-corrected chi connectivity index (χ0v) is 9.60. The Hall–Kier alpha value is -0.940. The smallest absolute Gasteiger partial charge is 0.119 e. The number of benzene rings is 1. The first-order valence-electron chi connectivity index (χ1n) is 4.54. The van der Waals surface area contributed by atoms with Gasteiger partial charge in [-0.25, -0.2) is 0 Å². The second-order valence-corrected chi connectivity index (χ2v) is 4.43. The van der Waals surface area contributed by atoms with Gasteiger partial charge in [-0.2, -0.15) is 0 Å². The van der Waals surface area contributed by atoms with E-state index < -0.39 is 0 Å². The zero-order valence-electron chi connectivity index (χ0n) is 8.01. The number of ether oxygens (including phenoxy) is 1. The summed E-state index contributed by atoms with van der Waals surface area (Å²) in [6.45, 7) is 0. The molecule has 1 nitrogen and oxygen atoms in total. The van der Waals surface area contributed by atoms with Crippen LogP contribution in [0.1, 0.15) is 18.4 Å². The molecule has 0 heterocycles. The highest BCUT2D eigenvalue weighted by atomic mass is 79.9. The van der Waals surface area contributed by atoms with E-state index in [0.29, 0.717) is 0 Å². The third-order valence-corrected chi connectivity index (χ3v) is 3.41. The van der Waals surface area contributed by atoms with Crippen LogP contribution in [0.3, 0.4) is 0 Å². The van der Waals surface area contributed by atoms with Gasteiger partial charge in [0, 0.05) is 4.47 Å². The van der Waals surface area contributed by atoms with Crippen molar-refractivity contribution in [1.29, 1.82) is 0 Å². The molecule has 0 aromatic heterocycles. The molecule has 1 aromatic rings. The van der Waals surface area contributed by atoms with Crippen molar-refractivity contribution in [2.75, 3.05) is 7.11 Å². The molecule has 0 saturated heterocycles. The highest BCUT2D eigenvalue weighted by Gasteiger charge is 2.44. The minimum absolute atomic E-state index is 0.0344. The fourth-order valence-corrected chi connectivity index (χ4v) is 2.24. The van der Waals surface area contributed by atoms with E-state index in [-0.39, 0.29) is 5.41 Å². The van der Waals surface area contributed by atoms with E-state index in [4.69, 9.17) is 11.2 Å². The molecule has 0 aliphatic heterocycles. The Morgan fingerprint density at radius 2 is 2.21 bits per heavy atom. The molecule has 1 saturated carbocycles. The summed E-state index contributed by atoms with van der Waals surface area (Å²) in [7, 11) is 1.67. The molecule has 0 N–H and O–H groups in total. The van der Waals surface area contributed by atoms with Crippen LogP contribution in [0.4, 0.5) is 0 Å². The lowest BCUT2D eigenvalue weighted by Gasteiger charge is -2.12. The molecule has 1 fully saturated rings. The van der Waals surface area contributed by atoms with Gasteiger partial charge in [0.1, 0.15) is 5.75 Å². The molecular formula is C12H11BrO. The van der Waals surface area contributed by atoms with Gasteiger partial charge in [-0.05, 0) is 36.6 Å². The summed E-state index contributed by atoms with van der Waals surface area (Å²) in [5.74, 6) is 3.74. The molecule has 0 radical (unpaired) electrons. The Labute approximate surface area is 92.6 Å². The largest absolute Gasteiger partial charge is 0.497 e. The average Bonchev–Trinajstić information content (AvgIpc) is 2.99. The second-order valence-electron chi connectivity index (χ2n) is 3.57. The molecule has 0 atom stereocenters. The Morgan fingerprint density at radius 3 is 2.71 bits per heavy atom. The summed E-state index contributed by atoms with van der Waals surface area (Å²) < 4.78 is 6.27. The fourth-order valence-electron chi connectivity index (χ4n) is 1.61. The Morgan fingerprint density at radius 1 is 1.50 bits per heavy atom. The van der Waals surface area contributed by atoms with Crippen molar-refractivity contribution in [3.8, 4) is 18.1 Å². The van der Waals surface area contributed by atoms with E-state index in [1.54, 1.807) is 7.11 Å². The lowest BCUT2D eigenvalue weighted by Crippen LogP contribution is -2.03. The van der Waals surface area contributed by atoms with Crippen LogP contribution in [0.2, 0.25) is 0 Å². The first-order chi connectivity index (χ1) is 6.72. The van der Waals surface area contributed by atoms with Crippen molar-refractivity contribution in [2.45, 2.75) is 18.3 Å². The number of terminal acetylenes is 1. The molecule has 72 valence electrons. The maximum absolute atomic E-state index is 5.55. The first-order valence-corrected chi connectivity index (χ1v) is 5.33. The molecule has 0 bridgehead atoms. The minimum atomic E-state index is -0.0344. The number of hydrogen-bond acceptors (Lipinski definition) is 1. The lowest BCUT2D eigenvalue weighted by atomic mass is 9.97. The molecule has 14 heavy (non-hydrogen) atoms. The van der Waals surface area contributed by atoms with Gasteiger partial charge in [-0.15, -0.1) is 6.42 Å². The lowest BCUT2D eigenvalue weighted by molar-refractivity contribution is 0.414. The number of rotatable bonds is 2. The summed E-state index contributed by atoms with van der Waals surface area (Å²) in [4.78, 5) is 0. The Balaban J connectivity index is 2.47. The predicted octanol–water partition coefficient (Wildman–Crippen LogP) is 3.12. The maximum atomic E-state index is 5.55. The minimum Gasteiger partial charge on any atom is -0.497 e. The Kier molecular flexibility index (Phi) is 2.28. The van der Waals surface area contributed by atoms with Crippen molar-refractivity contribution in [3.63, 3.8) is 0 Å². The summed E-state index contributed by atoms with van der Waals surface area (Å²) in [5.41, 5.74) is 1.15. The zero-order chi connectivity index (χ0) is 10.2. The number of hydrogen-bond donors (Lipinski definition) is 0. The van der Waals surface area contributed by atoms with Crippen molar-refractivity contribution < 1.29 is 4.74 Å². The van der Waals surface area contributed by atoms with Crippen molar-refractivity contribution in [3.05, 3.63) is 28.2 Å². The molecule has 0 unspecified atom stereocenters. The molecule has 0 amide bonds. The average molecular weight is 251 g/mol. The van der Waals surface area contributed by atoms with Gasteiger partial charge in [0.05, 0.1) is 12.5 Å². The molecule has 1 aromatic carbocycles. The van der Waals surface area contributed by atoms with Gasteiger partial charge in [-0.3, -0.25) is 0 Å². The van der Waals surface area contributed by atoms with Crippen LogP contribution >= 0.6 is 15.9 Å². The van der Waals surface area contributed by atoms with Gasteiger partial charge >= 0.3 is 0 Å². The van der Waals surface area contributed by atoms with E-state index >= 15 is 0 Å². The van der Waals surface area contributed by atoms with Gasteiger partial charge in [0.25, 0.3) is 0 Å². The van der Waals surface area contributed by atoms with E-state index in [2.05, 4.69) is 21.9 Å². The molecule has 1 aliphatic carbocycles. The molecule has 0 spiro atoms. The van der Waals surface area contributed by atoms with E-state index in [1.165, 1.54) is 5.56 Å². The first kappa shape index (κ1) is 9.61. The fraction of sp³-hybridized carbons (Fsp3) is 0.333. The summed E-state index contributed by atoms with van der Waals surface area (Å²) >= 11 is 3.53. The molecule has 1 aliphatic rings. The SMILES string of the molecule is C#CC1(c2cc(OC)ccc2Br)CC1. The number of halogens is 1. The van der Waals surface area contributed by atoms with Crippen LogP contribution in [0.5, 0.6) is 5.75 Å². The van der Waals surface area contributed by atoms with Gasteiger partial charge in [0.2, 0.25) is 0 Å². The van der Waals surface area contributed by atoms with Gasteiger partial charge in [-0.1, -0.05) is 21.9 Å². The van der Waals surface area contributed by atoms with E-state index in [0.717, 1.165) is 23.1 Å². The summed E-state index contributed by atoms with van der Waals surface area (Å²) in [6.07, 6.45) is 7.71. The normalized spacial score (nSPS) is 17.2. The van der Waals surface area contributed by atoms with Crippen molar-refractivity contribution in [2.24, 2.45) is 0 Å². The van der Waals surface area contributed by atoms with Crippen LogP contribution in [0, 0.1) is 12.3 Å². The third kappa shape index (κ3) is 1.42. The molecule has 2 heteroatoms. The highest BCUT2D eigenvalue weighted by molar-refractivity contribution is 9.10.